The number of fused-ring (bicyclic) bond motifs is 2. The van der Waals surface area contributed by atoms with Crippen LogP contribution < -0.4 is 14.9 Å². The molecule has 1 aromatic heterocycles. The van der Waals surface area contributed by atoms with E-state index in [-0.39, 0.29) is 23.6 Å². The van der Waals surface area contributed by atoms with Gasteiger partial charge in [-0.1, -0.05) is 55.3 Å². The van der Waals surface area contributed by atoms with E-state index in [1.54, 1.807) is 11.0 Å². The Balaban J connectivity index is 1.70. The minimum Gasteiger partial charge on any atom is -0.490 e. The van der Waals surface area contributed by atoms with Crippen molar-refractivity contribution in [1.82, 2.24) is 4.90 Å². The first-order valence-corrected chi connectivity index (χ1v) is 13.7. The van der Waals surface area contributed by atoms with Crippen LogP contribution in [0.15, 0.2) is 63.8 Å². The summed E-state index contributed by atoms with van der Waals surface area (Å²) in [6.07, 6.45) is 1.94. The smallest absolute Gasteiger partial charge is 0.291 e. The molecule has 1 aliphatic rings. The molecule has 4 aromatic rings. The number of amides is 1. The molecule has 1 unspecified atom stereocenters. The first-order valence-electron chi connectivity index (χ1n) is 13.4. The largest absolute Gasteiger partial charge is 0.490 e. The van der Waals surface area contributed by atoms with Crippen molar-refractivity contribution in [3.05, 3.63) is 103 Å². The summed E-state index contributed by atoms with van der Waals surface area (Å²) < 4.78 is 18.1. The average molecular weight is 546 g/mol. The van der Waals surface area contributed by atoms with Crippen LogP contribution in [0, 0.1) is 13.8 Å². The van der Waals surface area contributed by atoms with E-state index in [1.165, 1.54) is 0 Å². The molecular weight excluding hydrogens is 514 g/mol. The van der Waals surface area contributed by atoms with Crippen LogP contribution in [0.25, 0.3) is 11.0 Å². The van der Waals surface area contributed by atoms with Gasteiger partial charge in [0.15, 0.2) is 16.9 Å². The van der Waals surface area contributed by atoms with Crippen molar-refractivity contribution in [2.75, 3.05) is 13.2 Å². The molecule has 2 heterocycles. The summed E-state index contributed by atoms with van der Waals surface area (Å²) in [5.74, 6) is 0.919. The molecule has 0 spiro atoms. The van der Waals surface area contributed by atoms with Crippen LogP contribution in [-0.2, 0) is 6.54 Å². The fraction of sp³-hybridized carbons (Fsp3) is 0.312. The second-order valence-corrected chi connectivity index (χ2v) is 10.3. The highest BCUT2D eigenvalue weighted by atomic mass is 35.5. The van der Waals surface area contributed by atoms with Gasteiger partial charge in [0.25, 0.3) is 5.91 Å². The van der Waals surface area contributed by atoms with Crippen molar-refractivity contribution in [3.8, 4) is 11.5 Å². The molecule has 39 heavy (non-hydrogen) atoms. The zero-order chi connectivity index (χ0) is 27.7. The van der Waals surface area contributed by atoms with Gasteiger partial charge in [0, 0.05) is 11.6 Å². The standard InChI is InChI=1S/C32H32ClNO5/c1-5-7-14-38-25-13-12-21(17-26(25)37-6-2)28-27-29(35)23-16-19(3)15-20(4)30(23)39-31(27)32(36)34(28)18-22-10-8-9-11-24(22)33/h8-13,15-17,28H,5-7,14,18H2,1-4H3. The summed E-state index contributed by atoms with van der Waals surface area (Å²) >= 11 is 6.50. The van der Waals surface area contributed by atoms with Crippen LogP contribution in [0.5, 0.6) is 11.5 Å². The first kappa shape index (κ1) is 26.8. The summed E-state index contributed by atoms with van der Waals surface area (Å²) in [4.78, 5) is 29.6. The Morgan fingerprint density at radius 1 is 0.974 bits per heavy atom. The molecule has 1 aliphatic heterocycles. The Morgan fingerprint density at radius 2 is 1.77 bits per heavy atom. The number of hydrogen-bond donors (Lipinski definition) is 0. The highest BCUT2D eigenvalue weighted by Crippen LogP contribution is 2.42. The molecule has 3 aromatic carbocycles. The van der Waals surface area contributed by atoms with E-state index in [2.05, 4.69) is 6.92 Å². The predicted octanol–water partition coefficient (Wildman–Crippen LogP) is 7.39. The van der Waals surface area contributed by atoms with Gasteiger partial charge in [-0.3, -0.25) is 9.59 Å². The Kier molecular flexibility index (Phi) is 7.67. The van der Waals surface area contributed by atoms with Crippen molar-refractivity contribution in [2.45, 2.75) is 53.1 Å². The van der Waals surface area contributed by atoms with E-state index in [0.29, 0.717) is 46.3 Å². The second-order valence-electron chi connectivity index (χ2n) is 9.90. The van der Waals surface area contributed by atoms with Gasteiger partial charge in [0.05, 0.1) is 30.2 Å². The molecule has 0 bridgehead atoms. The molecule has 202 valence electrons. The Labute approximate surface area is 233 Å². The van der Waals surface area contributed by atoms with E-state index in [4.69, 9.17) is 25.5 Å². The fourth-order valence-electron chi connectivity index (χ4n) is 5.20. The van der Waals surface area contributed by atoms with Crippen LogP contribution in [0.3, 0.4) is 0 Å². The summed E-state index contributed by atoms with van der Waals surface area (Å²) in [6.45, 7) is 9.07. The summed E-state index contributed by atoms with van der Waals surface area (Å²) in [6, 6.07) is 16.1. The fourth-order valence-corrected chi connectivity index (χ4v) is 5.40. The number of halogens is 1. The number of carbonyl (C=O) groups is 1. The SMILES string of the molecule is CCCCOc1ccc(C2c3c(oc4c(C)cc(C)cc4c3=O)C(=O)N2Cc2ccccc2Cl)cc1OCC. The normalized spacial score (nSPS) is 14.6. The number of unbranched alkanes of at least 4 members (excludes halogenated alkanes) is 1. The third kappa shape index (κ3) is 5.01. The number of aryl methyl sites for hydroxylation is 2. The summed E-state index contributed by atoms with van der Waals surface area (Å²) in [7, 11) is 0. The Hall–Kier alpha value is -3.77. The topological polar surface area (TPSA) is 69.0 Å². The van der Waals surface area contributed by atoms with Gasteiger partial charge in [0.2, 0.25) is 5.76 Å². The Bertz CT molecular complexity index is 1610. The molecule has 0 aliphatic carbocycles. The van der Waals surface area contributed by atoms with Crippen LogP contribution in [0.1, 0.15) is 71.1 Å². The minimum absolute atomic E-state index is 0.0674. The summed E-state index contributed by atoms with van der Waals surface area (Å²) in [5, 5.41) is 1.01. The van der Waals surface area contributed by atoms with Gasteiger partial charge in [-0.25, -0.2) is 0 Å². The molecule has 0 N–H and O–H groups in total. The average Bonchev–Trinajstić information content (AvgIpc) is 3.19. The van der Waals surface area contributed by atoms with Gasteiger partial charge in [0.1, 0.15) is 5.58 Å². The van der Waals surface area contributed by atoms with Crippen molar-refractivity contribution < 1.29 is 18.7 Å². The van der Waals surface area contributed by atoms with Crippen molar-refractivity contribution >= 4 is 28.5 Å². The summed E-state index contributed by atoms with van der Waals surface area (Å²) in [5.41, 5.74) is 3.83. The number of ether oxygens (including phenoxy) is 2. The predicted molar refractivity (Wildman–Crippen MR) is 153 cm³/mol. The molecule has 7 heteroatoms. The minimum atomic E-state index is -0.686. The lowest BCUT2D eigenvalue weighted by Gasteiger charge is -2.26. The van der Waals surface area contributed by atoms with E-state index < -0.39 is 6.04 Å². The zero-order valence-electron chi connectivity index (χ0n) is 22.7. The Morgan fingerprint density at radius 3 is 2.51 bits per heavy atom. The molecule has 0 radical (unpaired) electrons. The highest BCUT2D eigenvalue weighted by molar-refractivity contribution is 6.31. The maximum atomic E-state index is 14.1. The van der Waals surface area contributed by atoms with Crippen LogP contribution in [0.2, 0.25) is 5.02 Å². The van der Waals surface area contributed by atoms with Gasteiger partial charge < -0.3 is 18.8 Å². The lowest BCUT2D eigenvalue weighted by Crippen LogP contribution is -2.29. The third-order valence-electron chi connectivity index (χ3n) is 7.03. The van der Waals surface area contributed by atoms with Crippen molar-refractivity contribution in [2.24, 2.45) is 0 Å². The molecule has 5 rings (SSSR count). The molecule has 0 saturated carbocycles. The molecule has 1 amide bonds. The molecular formula is C32H32ClNO5. The van der Waals surface area contributed by atoms with Gasteiger partial charge >= 0.3 is 0 Å². The maximum absolute atomic E-state index is 14.1. The highest BCUT2D eigenvalue weighted by Gasteiger charge is 2.43. The van der Waals surface area contributed by atoms with Crippen molar-refractivity contribution in [3.63, 3.8) is 0 Å². The first-order chi connectivity index (χ1) is 18.8. The molecule has 0 saturated heterocycles. The van der Waals surface area contributed by atoms with Crippen LogP contribution in [0.4, 0.5) is 0 Å². The van der Waals surface area contributed by atoms with E-state index in [1.807, 2.05) is 69.3 Å². The molecule has 6 nitrogen and oxygen atoms in total. The monoisotopic (exact) mass is 545 g/mol. The van der Waals surface area contributed by atoms with Gasteiger partial charge in [-0.15, -0.1) is 0 Å². The maximum Gasteiger partial charge on any atom is 0.291 e. The van der Waals surface area contributed by atoms with E-state index in [9.17, 15) is 9.59 Å². The number of hydrogen-bond acceptors (Lipinski definition) is 5. The second kappa shape index (κ2) is 11.1. The van der Waals surface area contributed by atoms with Crippen LogP contribution >= 0.6 is 11.6 Å². The van der Waals surface area contributed by atoms with Gasteiger partial charge in [-0.05, 0) is 73.7 Å². The molecule has 1 atom stereocenters. The number of nitrogens with zero attached hydrogens (tertiary/aromatic N) is 1. The lowest BCUT2D eigenvalue weighted by molar-refractivity contribution is 0.0714. The zero-order valence-corrected chi connectivity index (χ0v) is 23.4. The quantitative estimate of drug-likeness (QED) is 0.205. The lowest BCUT2D eigenvalue weighted by atomic mass is 9.96. The van der Waals surface area contributed by atoms with E-state index in [0.717, 1.165) is 35.1 Å². The molecule has 0 fully saturated rings. The van der Waals surface area contributed by atoms with Gasteiger partial charge in [-0.2, -0.15) is 0 Å². The third-order valence-corrected chi connectivity index (χ3v) is 7.40. The van der Waals surface area contributed by atoms with Crippen LogP contribution in [-0.4, -0.2) is 24.0 Å². The number of benzene rings is 3. The number of rotatable bonds is 9. The van der Waals surface area contributed by atoms with E-state index >= 15 is 0 Å². The van der Waals surface area contributed by atoms with Crippen molar-refractivity contribution in [1.29, 1.82) is 0 Å². The number of carbonyl (C=O) groups excluding carboxylic acids is 1.